The smallest absolute Gasteiger partial charge is 0.242 e. The largest absolute Gasteiger partial charge is 0.494 e. The number of rotatable bonds is 7. The average Bonchev–Trinajstić information content (AvgIpc) is 3.50. The zero-order valence-corrected chi connectivity index (χ0v) is 22.7. The van der Waals surface area contributed by atoms with Crippen molar-refractivity contribution in [3.8, 4) is 17.0 Å². The number of pyridine rings is 1. The maximum absolute atomic E-state index is 13.2. The summed E-state index contributed by atoms with van der Waals surface area (Å²) in [7, 11) is 0. The fraction of sp³-hybridized carbons (Fsp3) is 0.481. The highest BCUT2D eigenvalue weighted by atomic mass is 35.5. The van der Waals surface area contributed by atoms with Gasteiger partial charge in [-0.05, 0) is 50.6 Å². The summed E-state index contributed by atoms with van der Waals surface area (Å²) < 4.78 is 1.58. The van der Waals surface area contributed by atoms with Crippen molar-refractivity contribution in [2.75, 3.05) is 52.4 Å². The van der Waals surface area contributed by atoms with E-state index in [2.05, 4.69) is 14.8 Å². The molecule has 0 saturated carbocycles. The highest BCUT2D eigenvalue weighted by Gasteiger charge is 2.25. The summed E-state index contributed by atoms with van der Waals surface area (Å²) in [5.74, 6) is -0.0348. The normalized spacial score (nSPS) is 17.2. The van der Waals surface area contributed by atoms with E-state index in [4.69, 9.17) is 28.9 Å². The van der Waals surface area contributed by atoms with Crippen molar-refractivity contribution in [3.63, 3.8) is 0 Å². The lowest BCUT2D eigenvalue weighted by Crippen LogP contribution is -2.50. The quantitative estimate of drug-likeness (QED) is 0.471. The molecule has 2 aromatic heterocycles. The molecule has 4 heterocycles. The minimum Gasteiger partial charge on any atom is -0.494 e. The lowest BCUT2D eigenvalue weighted by atomic mass is 9.95. The second-order valence-electron chi connectivity index (χ2n) is 9.99. The number of carbonyl (C=O) groups excluding carboxylic acids is 1. The Bertz CT molecular complexity index is 1300. The Morgan fingerprint density at radius 1 is 1.05 bits per heavy atom. The van der Waals surface area contributed by atoms with Gasteiger partial charge in [0.15, 0.2) is 0 Å². The molecule has 8 nitrogen and oxygen atoms in total. The van der Waals surface area contributed by atoms with E-state index in [-0.39, 0.29) is 24.9 Å². The molecule has 198 valence electrons. The average molecular weight is 546 g/mol. The molecule has 3 aromatic rings. The van der Waals surface area contributed by atoms with Gasteiger partial charge >= 0.3 is 0 Å². The third kappa shape index (κ3) is 5.45. The van der Waals surface area contributed by atoms with E-state index in [1.165, 1.54) is 25.9 Å². The van der Waals surface area contributed by atoms with Crippen molar-refractivity contribution < 1.29 is 9.90 Å². The van der Waals surface area contributed by atoms with E-state index in [1.54, 1.807) is 22.9 Å². The summed E-state index contributed by atoms with van der Waals surface area (Å²) in [5, 5.41) is 12.8. The summed E-state index contributed by atoms with van der Waals surface area (Å²) in [6, 6.07) is 5.25. The Morgan fingerprint density at radius 3 is 2.38 bits per heavy atom. The van der Waals surface area contributed by atoms with Gasteiger partial charge in [0.1, 0.15) is 6.54 Å². The number of nitrogens with zero attached hydrogens (tertiary/aromatic N) is 5. The zero-order valence-electron chi connectivity index (χ0n) is 21.2. The summed E-state index contributed by atoms with van der Waals surface area (Å²) in [6.45, 7) is 9.87. The number of aromatic nitrogens is 2. The van der Waals surface area contributed by atoms with Gasteiger partial charge in [0.05, 0.1) is 10.9 Å². The molecule has 0 bridgehead atoms. The first kappa shape index (κ1) is 26.3. The molecule has 10 heteroatoms. The molecule has 2 aliphatic rings. The monoisotopic (exact) mass is 544 g/mol. The molecular weight excluding hydrogens is 511 g/mol. The molecule has 2 fully saturated rings. The molecular formula is C27H34Cl2N6O2. The Balaban J connectivity index is 1.34. The molecule has 0 atom stereocenters. The molecule has 5 rings (SSSR count). The summed E-state index contributed by atoms with van der Waals surface area (Å²) in [4.78, 5) is 24.7. The Kier molecular flexibility index (Phi) is 7.93. The minimum atomic E-state index is -0.0178. The van der Waals surface area contributed by atoms with Gasteiger partial charge in [-0.15, -0.1) is 0 Å². The Hall–Kier alpha value is -2.36. The SMILES string of the molecule is Cc1nc2cn(CC(=O)N3CCN(CCN4CCCC4)CC3)c(O)c2c(-c2ccc(Cl)cc2Cl)c1CN. The van der Waals surface area contributed by atoms with Crippen LogP contribution in [-0.4, -0.2) is 87.6 Å². The van der Waals surface area contributed by atoms with E-state index in [1.807, 2.05) is 17.9 Å². The second-order valence-corrected chi connectivity index (χ2v) is 10.8. The summed E-state index contributed by atoms with van der Waals surface area (Å²) in [5.41, 5.74) is 9.67. The maximum Gasteiger partial charge on any atom is 0.242 e. The van der Waals surface area contributed by atoms with Crippen molar-refractivity contribution in [2.45, 2.75) is 32.9 Å². The fourth-order valence-electron chi connectivity index (χ4n) is 5.55. The van der Waals surface area contributed by atoms with Crippen LogP contribution in [0.2, 0.25) is 10.0 Å². The van der Waals surface area contributed by atoms with Gasteiger partial charge in [0.25, 0.3) is 0 Å². The predicted octanol–water partition coefficient (Wildman–Crippen LogP) is 3.72. The number of hydrogen-bond acceptors (Lipinski definition) is 6. The minimum absolute atomic E-state index is 0.0170. The lowest BCUT2D eigenvalue weighted by molar-refractivity contribution is -0.133. The molecule has 1 aromatic carbocycles. The van der Waals surface area contributed by atoms with Crippen LogP contribution in [0.5, 0.6) is 5.88 Å². The molecule has 0 spiro atoms. The number of likely N-dealkylation sites (tertiary alicyclic amines) is 1. The fourth-order valence-corrected chi connectivity index (χ4v) is 6.05. The molecule has 1 amide bonds. The Labute approximate surface area is 227 Å². The van der Waals surface area contributed by atoms with Crippen molar-refractivity contribution >= 4 is 40.0 Å². The van der Waals surface area contributed by atoms with Crippen LogP contribution < -0.4 is 5.73 Å². The molecule has 3 N–H and O–H groups in total. The van der Waals surface area contributed by atoms with Crippen LogP contribution in [0.1, 0.15) is 24.1 Å². The number of piperazine rings is 1. The molecule has 0 radical (unpaired) electrons. The summed E-state index contributed by atoms with van der Waals surface area (Å²) >= 11 is 12.7. The highest BCUT2D eigenvalue weighted by molar-refractivity contribution is 6.36. The van der Waals surface area contributed by atoms with Crippen molar-refractivity contribution in [1.82, 2.24) is 24.3 Å². The van der Waals surface area contributed by atoms with E-state index in [0.717, 1.165) is 43.0 Å². The Morgan fingerprint density at radius 2 is 1.73 bits per heavy atom. The molecule has 2 aliphatic heterocycles. The number of aromatic hydroxyl groups is 1. The van der Waals surface area contributed by atoms with Crippen molar-refractivity contribution in [3.05, 3.63) is 45.7 Å². The number of fused-ring (bicyclic) bond motifs is 1. The van der Waals surface area contributed by atoms with Crippen LogP contribution in [0.4, 0.5) is 0 Å². The third-order valence-corrected chi connectivity index (χ3v) is 8.22. The number of amides is 1. The molecule has 0 unspecified atom stereocenters. The number of aryl methyl sites for hydroxylation is 1. The first-order valence-electron chi connectivity index (χ1n) is 12.9. The van der Waals surface area contributed by atoms with Crippen LogP contribution in [-0.2, 0) is 17.9 Å². The number of nitrogens with two attached hydrogens (primary N) is 1. The first-order valence-corrected chi connectivity index (χ1v) is 13.7. The molecule has 37 heavy (non-hydrogen) atoms. The summed E-state index contributed by atoms with van der Waals surface area (Å²) in [6.07, 6.45) is 4.34. The van der Waals surface area contributed by atoms with E-state index < -0.39 is 0 Å². The van der Waals surface area contributed by atoms with Crippen molar-refractivity contribution in [1.29, 1.82) is 0 Å². The van der Waals surface area contributed by atoms with Crippen LogP contribution in [0.3, 0.4) is 0 Å². The first-order chi connectivity index (χ1) is 17.9. The van der Waals surface area contributed by atoms with Gasteiger partial charge in [-0.2, -0.15) is 0 Å². The maximum atomic E-state index is 13.2. The molecule has 0 aliphatic carbocycles. The number of hydrogen-bond donors (Lipinski definition) is 2. The third-order valence-electron chi connectivity index (χ3n) is 7.67. The second kappa shape index (κ2) is 11.2. The van der Waals surface area contributed by atoms with E-state index >= 15 is 0 Å². The molecule has 2 saturated heterocycles. The zero-order chi connectivity index (χ0) is 26.1. The predicted molar refractivity (Wildman–Crippen MR) is 148 cm³/mol. The topological polar surface area (TPSA) is 90.9 Å². The van der Waals surface area contributed by atoms with Crippen LogP contribution in [0.15, 0.2) is 24.4 Å². The number of halogens is 2. The van der Waals surface area contributed by atoms with Crippen molar-refractivity contribution in [2.24, 2.45) is 5.73 Å². The van der Waals surface area contributed by atoms with Crippen LogP contribution in [0.25, 0.3) is 22.0 Å². The van der Waals surface area contributed by atoms with E-state index in [9.17, 15) is 9.90 Å². The lowest BCUT2D eigenvalue weighted by Gasteiger charge is -2.35. The van der Waals surface area contributed by atoms with Gasteiger partial charge in [-0.3, -0.25) is 14.7 Å². The van der Waals surface area contributed by atoms with Gasteiger partial charge in [-0.25, -0.2) is 0 Å². The van der Waals surface area contributed by atoms with Crippen LogP contribution >= 0.6 is 23.2 Å². The van der Waals surface area contributed by atoms with Gasteiger partial charge in [0.2, 0.25) is 11.8 Å². The number of benzene rings is 1. The number of carbonyl (C=O) groups is 1. The van der Waals surface area contributed by atoms with Crippen LogP contribution in [0, 0.1) is 6.92 Å². The van der Waals surface area contributed by atoms with E-state index in [0.29, 0.717) is 39.6 Å². The van der Waals surface area contributed by atoms with Gasteiger partial charge in [0, 0.05) is 78.9 Å². The standard InChI is InChI=1S/C27H34Cl2N6O2/c1-18-21(15-30)25(20-5-4-19(28)14-22(20)29)26-23(31-18)16-35(27(26)37)17-24(36)34-12-10-33(11-13-34)9-8-32-6-2-3-7-32/h4-5,14,16,37H,2-3,6-13,15,17,30H2,1H3. The van der Waals surface area contributed by atoms with Gasteiger partial charge in [-0.1, -0.05) is 29.3 Å². The van der Waals surface area contributed by atoms with Gasteiger partial charge < -0.3 is 25.2 Å². The highest BCUT2D eigenvalue weighted by Crippen LogP contribution is 2.42.